The topological polar surface area (TPSA) is 49.9 Å². The van der Waals surface area contributed by atoms with E-state index in [1.807, 2.05) is 12.1 Å². The molecule has 0 bridgehead atoms. The van der Waals surface area contributed by atoms with E-state index in [0.29, 0.717) is 30.2 Å². The summed E-state index contributed by atoms with van der Waals surface area (Å²) in [6.45, 7) is 2.54. The van der Waals surface area contributed by atoms with Crippen molar-refractivity contribution in [2.24, 2.45) is 0 Å². The highest BCUT2D eigenvalue weighted by molar-refractivity contribution is 5.97. The summed E-state index contributed by atoms with van der Waals surface area (Å²) >= 11 is 0. The van der Waals surface area contributed by atoms with Crippen molar-refractivity contribution in [3.63, 3.8) is 0 Å². The Labute approximate surface area is 184 Å². The molecule has 0 spiro atoms. The molecule has 2 aromatic rings. The van der Waals surface area contributed by atoms with Gasteiger partial charge in [0.2, 0.25) is 11.8 Å². The molecule has 4 rings (SSSR count). The van der Waals surface area contributed by atoms with Gasteiger partial charge in [-0.3, -0.25) is 9.59 Å². The van der Waals surface area contributed by atoms with E-state index in [9.17, 15) is 22.8 Å². The van der Waals surface area contributed by atoms with Gasteiger partial charge in [-0.05, 0) is 49.6 Å². The minimum absolute atomic E-state index is 0.00579. The van der Waals surface area contributed by atoms with Gasteiger partial charge in [0, 0.05) is 18.9 Å². The van der Waals surface area contributed by atoms with Crippen LogP contribution in [-0.4, -0.2) is 35.9 Å². The molecule has 1 aliphatic carbocycles. The monoisotopic (exact) mass is 446 g/mol. The van der Waals surface area contributed by atoms with Crippen LogP contribution in [0.1, 0.15) is 49.8 Å². The summed E-state index contributed by atoms with van der Waals surface area (Å²) in [5.74, 6) is 0.250. The SMILES string of the molecule is CC(c1cccc(C(F)(F)F)c1)N(C(=O)CCC(=O)N1CCOc2ccccc21)C1CC1. The van der Waals surface area contributed by atoms with Gasteiger partial charge in [-0.1, -0.05) is 24.3 Å². The maximum absolute atomic E-state index is 13.1. The van der Waals surface area contributed by atoms with E-state index >= 15 is 0 Å². The number of hydrogen-bond donors (Lipinski definition) is 0. The van der Waals surface area contributed by atoms with Gasteiger partial charge in [-0.2, -0.15) is 13.2 Å². The zero-order valence-corrected chi connectivity index (χ0v) is 17.8. The zero-order valence-electron chi connectivity index (χ0n) is 17.8. The highest BCUT2D eigenvalue weighted by atomic mass is 19.4. The first kappa shape index (κ1) is 22.2. The first-order valence-electron chi connectivity index (χ1n) is 10.8. The molecule has 5 nitrogen and oxygen atoms in total. The molecule has 170 valence electrons. The summed E-state index contributed by atoms with van der Waals surface area (Å²) in [5.41, 5.74) is 0.396. The lowest BCUT2D eigenvalue weighted by molar-refractivity contribution is -0.137. The highest BCUT2D eigenvalue weighted by Crippen LogP contribution is 2.37. The summed E-state index contributed by atoms with van der Waals surface area (Å²) in [5, 5.41) is 0. The van der Waals surface area contributed by atoms with Crippen LogP contribution in [0.15, 0.2) is 48.5 Å². The van der Waals surface area contributed by atoms with Crippen LogP contribution < -0.4 is 9.64 Å². The van der Waals surface area contributed by atoms with Crippen LogP contribution in [0.25, 0.3) is 0 Å². The van der Waals surface area contributed by atoms with Crippen molar-refractivity contribution >= 4 is 17.5 Å². The number of hydrogen-bond acceptors (Lipinski definition) is 3. The van der Waals surface area contributed by atoms with E-state index in [1.54, 1.807) is 34.9 Å². The number of anilines is 1. The second-order valence-corrected chi connectivity index (χ2v) is 8.19. The molecule has 1 saturated carbocycles. The fourth-order valence-electron chi connectivity index (χ4n) is 4.13. The number of halogens is 3. The number of ether oxygens (including phenoxy) is 1. The molecular weight excluding hydrogens is 421 g/mol. The molecule has 8 heteroatoms. The third-order valence-electron chi connectivity index (χ3n) is 5.92. The summed E-state index contributed by atoms with van der Waals surface area (Å²) < 4.78 is 44.9. The lowest BCUT2D eigenvalue weighted by Crippen LogP contribution is -2.39. The molecule has 0 saturated heterocycles. The lowest BCUT2D eigenvalue weighted by atomic mass is 10.0. The molecule has 1 atom stereocenters. The second-order valence-electron chi connectivity index (χ2n) is 8.19. The van der Waals surface area contributed by atoms with Crippen LogP contribution in [0, 0.1) is 0 Å². The minimum Gasteiger partial charge on any atom is -0.490 e. The number of nitrogens with zero attached hydrogens (tertiary/aromatic N) is 2. The molecule has 2 amide bonds. The van der Waals surface area contributed by atoms with Gasteiger partial charge >= 0.3 is 6.18 Å². The molecule has 0 radical (unpaired) electrons. The van der Waals surface area contributed by atoms with E-state index < -0.39 is 17.8 Å². The fourth-order valence-corrected chi connectivity index (χ4v) is 4.13. The highest BCUT2D eigenvalue weighted by Gasteiger charge is 2.37. The Morgan fingerprint density at radius 2 is 1.88 bits per heavy atom. The number of alkyl halides is 3. The van der Waals surface area contributed by atoms with E-state index in [2.05, 4.69) is 0 Å². The van der Waals surface area contributed by atoms with Gasteiger partial charge in [-0.25, -0.2) is 0 Å². The Morgan fingerprint density at radius 1 is 1.12 bits per heavy atom. The molecule has 0 aromatic heterocycles. The number of fused-ring (bicyclic) bond motifs is 1. The molecular formula is C24H25F3N2O3. The summed E-state index contributed by atoms with van der Waals surface area (Å²) in [7, 11) is 0. The van der Waals surface area contributed by atoms with E-state index in [-0.39, 0.29) is 30.7 Å². The Hall–Kier alpha value is -3.03. The molecule has 2 aliphatic rings. The van der Waals surface area contributed by atoms with Crippen LogP contribution in [0.4, 0.5) is 18.9 Å². The number of amides is 2. The molecule has 1 unspecified atom stereocenters. The lowest BCUT2D eigenvalue weighted by Gasteiger charge is -2.31. The van der Waals surface area contributed by atoms with Crippen molar-refractivity contribution in [1.29, 1.82) is 0 Å². The Kier molecular flexibility index (Phi) is 6.13. The van der Waals surface area contributed by atoms with Gasteiger partial charge in [-0.15, -0.1) is 0 Å². The van der Waals surface area contributed by atoms with E-state index in [0.717, 1.165) is 25.0 Å². The number of para-hydroxylation sites is 2. The molecule has 2 aromatic carbocycles. The first-order valence-corrected chi connectivity index (χ1v) is 10.8. The average Bonchev–Trinajstić information content (AvgIpc) is 3.61. The van der Waals surface area contributed by atoms with Crippen LogP contribution >= 0.6 is 0 Å². The smallest absolute Gasteiger partial charge is 0.416 e. The van der Waals surface area contributed by atoms with Gasteiger partial charge in [0.1, 0.15) is 12.4 Å². The number of carbonyl (C=O) groups is 2. The predicted molar refractivity (Wildman–Crippen MR) is 113 cm³/mol. The van der Waals surface area contributed by atoms with Crippen molar-refractivity contribution in [2.75, 3.05) is 18.1 Å². The van der Waals surface area contributed by atoms with Crippen molar-refractivity contribution in [2.45, 2.75) is 50.9 Å². The van der Waals surface area contributed by atoms with E-state index in [4.69, 9.17) is 4.74 Å². The Balaban J connectivity index is 1.44. The second kappa shape index (κ2) is 8.84. The molecule has 1 heterocycles. The van der Waals surface area contributed by atoms with Crippen LogP contribution in [0.3, 0.4) is 0 Å². The maximum Gasteiger partial charge on any atom is 0.416 e. The molecule has 1 fully saturated rings. The normalized spacial score (nSPS) is 16.7. The molecule has 1 aliphatic heterocycles. The standard InChI is InChI=1S/C24H25F3N2O3/c1-16(17-5-4-6-18(15-17)24(25,26)27)29(19-9-10-19)23(31)12-11-22(30)28-13-14-32-21-8-3-2-7-20(21)28/h2-8,15-16,19H,9-14H2,1H3. The van der Waals surface area contributed by atoms with Gasteiger partial charge in [0.15, 0.2) is 0 Å². The predicted octanol–water partition coefficient (Wildman–Crippen LogP) is 4.96. The van der Waals surface area contributed by atoms with Crippen molar-refractivity contribution in [3.05, 3.63) is 59.7 Å². The summed E-state index contributed by atoms with van der Waals surface area (Å²) in [6, 6.07) is 11.9. The molecule has 32 heavy (non-hydrogen) atoms. The average molecular weight is 446 g/mol. The van der Waals surface area contributed by atoms with Crippen LogP contribution in [0.5, 0.6) is 5.75 Å². The first-order chi connectivity index (χ1) is 15.3. The van der Waals surface area contributed by atoms with Gasteiger partial charge in [0.05, 0.1) is 23.8 Å². The Bertz CT molecular complexity index is 1000. The van der Waals surface area contributed by atoms with Gasteiger partial charge < -0.3 is 14.5 Å². The molecule has 0 N–H and O–H groups in total. The third-order valence-corrected chi connectivity index (χ3v) is 5.92. The van der Waals surface area contributed by atoms with Crippen LogP contribution in [-0.2, 0) is 15.8 Å². The van der Waals surface area contributed by atoms with Gasteiger partial charge in [0.25, 0.3) is 0 Å². The third kappa shape index (κ3) is 4.74. The Morgan fingerprint density at radius 3 is 2.59 bits per heavy atom. The summed E-state index contributed by atoms with van der Waals surface area (Å²) in [6.07, 6.45) is -2.76. The minimum atomic E-state index is -4.44. The number of rotatable bonds is 6. The van der Waals surface area contributed by atoms with Crippen molar-refractivity contribution in [3.8, 4) is 5.75 Å². The maximum atomic E-state index is 13.1. The van der Waals surface area contributed by atoms with E-state index in [1.165, 1.54) is 6.07 Å². The largest absolute Gasteiger partial charge is 0.490 e. The fraction of sp³-hybridized carbons (Fsp3) is 0.417. The van der Waals surface area contributed by atoms with Crippen molar-refractivity contribution < 1.29 is 27.5 Å². The number of carbonyl (C=O) groups excluding carboxylic acids is 2. The summed E-state index contributed by atoms with van der Waals surface area (Å²) in [4.78, 5) is 29.2. The quantitative estimate of drug-likeness (QED) is 0.630. The van der Waals surface area contributed by atoms with Crippen LogP contribution in [0.2, 0.25) is 0 Å². The number of benzene rings is 2. The van der Waals surface area contributed by atoms with Crippen molar-refractivity contribution in [1.82, 2.24) is 4.90 Å². The zero-order chi connectivity index (χ0) is 22.9.